The van der Waals surface area contributed by atoms with E-state index in [1.807, 2.05) is 37.3 Å². The fourth-order valence-electron chi connectivity index (χ4n) is 3.59. The van der Waals surface area contributed by atoms with Crippen molar-refractivity contribution in [1.82, 2.24) is 0 Å². The number of fused-ring (bicyclic) bond motifs is 3. The number of hydrogen-bond donors (Lipinski definition) is 1. The van der Waals surface area contributed by atoms with Crippen LogP contribution in [0.2, 0.25) is 10.0 Å². The fourth-order valence-corrected chi connectivity index (χ4v) is 3.99. The van der Waals surface area contributed by atoms with E-state index in [4.69, 9.17) is 32.4 Å². The molecule has 0 bridgehead atoms. The van der Waals surface area contributed by atoms with E-state index < -0.39 is 0 Å². The van der Waals surface area contributed by atoms with Crippen LogP contribution in [0.3, 0.4) is 0 Å². The highest BCUT2D eigenvalue weighted by Gasteiger charge is 2.27. The Morgan fingerprint density at radius 3 is 2.67 bits per heavy atom. The number of rotatable bonds is 4. The zero-order chi connectivity index (χ0) is 19.0. The monoisotopic (exact) mass is 404 g/mol. The Morgan fingerprint density at radius 2 is 1.93 bits per heavy atom. The van der Waals surface area contributed by atoms with Crippen molar-refractivity contribution in [3.63, 3.8) is 0 Å². The number of aryl methyl sites for hydroxylation is 1. The van der Waals surface area contributed by atoms with Gasteiger partial charge in [0.2, 0.25) is 6.73 Å². The van der Waals surface area contributed by atoms with E-state index in [1.54, 1.807) is 6.07 Å². The maximum absolute atomic E-state index is 12.0. The zero-order valence-corrected chi connectivity index (χ0v) is 16.5. The third-order valence-corrected chi connectivity index (χ3v) is 5.56. The molecule has 0 radical (unpaired) electrons. The van der Waals surface area contributed by atoms with Gasteiger partial charge in [0.25, 0.3) is 0 Å². The van der Waals surface area contributed by atoms with Crippen LogP contribution in [-0.4, -0.2) is 13.3 Å². The van der Waals surface area contributed by atoms with Gasteiger partial charge in [-0.2, -0.15) is 0 Å². The molecule has 2 heterocycles. The first-order valence-electron chi connectivity index (χ1n) is 9.04. The van der Waals surface area contributed by atoms with Crippen LogP contribution in [0.5, 0.6) is 5.75 Å². The quantitative estimate of drug-likeness (QED) is 0.675. The fraction of sp³-hybridized carbons (Fsp3) is 0.286. The Kier molecular flexibility index (Phi) is 5.13. The van der Waals surface area contributed by atoms with Gasteiger partial charge in [-0.25, -0.2) is 4.79 Å². The largest absolute Gasteiger partial charge is 0.443 e. The molecule has 1 N–H and O–H groups in total. The molecule has 3 aromatic rings. The molecule has 1 aromatic heterocycles. The van der Waals surface area contributed by atoms with E-state index in [0.717, 1.165) is 40.9 Å². The van der Waals surface area contributed by atoms with Gasteiger partial charge >= 0.3 is 5.63 Å². The van der Waals surface area contributed by atoms with E-state index in [9.17, 15) is 4.79 Å². The second-order valence-corrected chi connectivity index (χ2v) is 7.67. The highest BCUT2D eigenvalue weighted by Crippen LogP contribution is 2.37. The van der Waals surface area contributed by atoms with Gasteiger partial charge in [-0.15, -0.1) is 0 Å². The molecule has 6 heteroatoms. The molecule has 140 valence electrons. The van der Waals surface area contributed by atoms with Gasteiger partial charge in [0, 0.05) is 22.9 Å². The minimum Gasteiger partial charge on any atom is -0.443 e. The van der Waals surface area contributed by atoms with Crippen LogP contribution >= 0.6 is 23.2 Å². The van der Waals surface area contributed by atoms with Crippen molar-refractivity contribution in [3.8, 4) is 5.75 Å². The molecule has 4 rings (SSSR count). The molecular weight excluding hydrogens is 385 g/mol. The van der Waals surface area contributed by atoms with Crippen molar-refractivity contribution in [1.29, 1.82) is 0 Å². The minimum atomic E-state index is -0.336. The molecule has 0 amide bonds. The van der Waals surface area contributed by atoms with Crippen molar-refractivity contribution < 1.29 is 14.1 Å². The van der Waals surface area contributed by atoms with Crippen LogP contribution in [-0.2, 0) is 19.4 Å². The number of quaternary nitrogens is 1. The summed E-state index contributed by atoms with van der Waals surface area (Å²) in [4.78, 5) is 13.3. The SMILES string of the molecule is CCc1cc(=O)oc2c3c(c(Cl)cc12)OC[NH+](CCc1ccc(Cl)cc1)C3. The second-order valence-electron chi connectivity index (χ2n) is 6.83. The molecule has 0 saturated heterocycles. The predicted octanol–water partition coefficient (Wildman–Crippen LogP) is 3.64. The Balaban J connectivity index is 1.64. The molecule has 0 fully saturated rings. The van der Waals surface area contributed by atoms with E-state index in [0.29, 0.717) is 29.6 Å². The van der Waals surface area contributed by atoms with Crippen molar-refractivity contribution in [2.45, 2.75) is 26.3 Å². The molecule has 4 nitrogen and oxygen atoms in total. The zero-order valence-electron chi connectivity index (χ0n) is 15.0. The van der Waals surface area contributed by atoms with Crippen LogP contribution < -0.4 is 15.3 Å². The average molecular weight is 405 g/mol. The first-order valence-corrected chi connectivity index (χ1v) is 9.79. The van der Waals surface area contributed by atoms with Gasteiger partial charge in [-0.1, -0.05) is 42.3 Å². The molecule has 1 unspecified atom stereocenters. The Hall–Kier alpha value is -2.01. The van der Waals surface area contributed by atoms with Crippen LogP contribution in [0.25, 0.3) is 11.0 Å². The predicted molar refractivity (Wildman–Crippen MR) is 107 cm³/mol. The minimum absolute atomic E-state index is 0.336. The van der Waals surface area contributed by atoms with E-state index in [-0.39, 0.29) is 5.63 Å². The number of halogens is 2. The average Bonchev–Trinajstić information content (AvgIpc) is 2.67. The summed E-state index contributed by atoms with van der Waals surface area (Å²) in [5.74, 6) is 0.635. The van der Waals surface area contributed by atoms with Crippen molar-refractivity contribution in [2.24, 2.45) is 0 Å². The van der Waals surface area contributed by atoms with Gasteiger partial charge in [-0.05, 0) is 35.7 Å². The third-order valence-electron chi connectivity index (χ3n) is 5.03. The first-order chi connectivity index (χ1) is 13.0. The van der Waals surface area contributed by atoms with E-state index in [1.165, 1.54) is 10.5 Å². The Labute approximate surface area is 167 Å². The number of hydrogen-bond acceptors (Lipinski definition) is 3. The van der Waals surface area contributed by atoms with E-state index >= 15 is 0 Å². The van der Waals surface area contributed by atoms with Crippen molar-refractivity contribution >= 4 is 34.2 Å². The summed E-state index contributed by atoms with van der Waals surface area (Å²) in [6.45, 7) is 4.15. The van der Waals surface area contributed by atoms with Crippen LogP contribution in [0, 0.1) is 0 Å². The molecule has 2 aromatic carbocycles. The summed E-state index contributed by atoms with van der Waals surface area (Å²) >= 11 is 12.4. The maximum atomic E-state index is 12.0. The van der Waals surface area contributed by atoms with Crippen molar-refractivity contribution in [3.05, 3.63) is 73.6 Å². The first kappa shape index (κ1) is 18.4. The molecule has 1 aliphatic rings. The lowest BCUT2D eigenvalue weighted by atomic mass is 10.0. The van der Waals surface area contributed by atoms with E-state index in [2.05, 4.69) is 0 Å². The summed E-state index contributed by atoms with van der Waals surface area (Å²) in [6.07, 6.45) is 1.65. The van der Waals surface area contributed by atoms with Gasteiger partial charge in [-0.3, -0.25) is 4.90 Å². The molecule has 0 spiro atoms. The Morgan fingerprint density at radius 1 is 1.15 bits per heavy atom. The summed E-state index contributed by atoms with van der Waals surface area (Å²) in [7, 11) is 0. The van der Waals surface area contributed by atoms with Gasteiger partial charge in [0.15, 0.2) is 11.3 Å². The highest BCUT2D eigenvalue weighted by atomic mass is 35.5. The molecule has 1 aliphatic heterocycles. The van der Waals surface area contributed by atoms with Gasteiger partial charge in [0.1, 0.15) is 6.54 Å². The molecule has 0 aliphatic carbocycles. The summed E-state index contributed by atoms with van der Waals surface area (Å²) < 4.78 is 11.5. The topological polar surface area (TPSA) is 43.9 Å². The normalized spacial score (nSPS) is 16.2. The molecule has 27 heavy (non-hydrogen) atoms. The standard InChI is InChI=1S/C21H19Cl2NO3/c1-2-14-9-19(25)27-20-16(14)10-18(23)21-17(20)11-24(12-26-21)8-7-13-3-5-15(22)6-4-13/h3-6,9-10H,2,7-8,11-12H2,1H3/p+1. The second kappa shape index (κ2) is 7.55. The van der Waals surface area contributed by atoms with Crippen LogP contribution in [0.1, 0.15) is 23.6 Å². The number of nitrogens with one attached hydrogen (secondary N) is 1. The summed E-state index contributed by atoms with van der Waals surface area (Å²) in [5, 5.41) is 2.20. The lowest BCUT2D eigenvalue weighted by Crippen LogP contribution is -3.12. The van der Waals surface area contributed by atoms with Crippen LogP contribution in [0.15, 0.2) is 45.6 Å². The third kappa shape index (κ3) is 3.70. The Bertz CT molecular complexity index is 1040. The number of ether oxygens (including phenoxy) is 1. The molecular formula is C21H20Cl2NO3+. The summed E-state index contributed by atoms with van der Waals surface area (Å²) in [5.41, 5.74) is 3.31. The number of benzene rings is 2. The summed E-state index contributed by atoms with van der Waals surface area (Å²) in [6, 6.07) is 11.3. The highest BCUT2D eigenvalue weighted by molar-refractivity contribution is 6.33. The van der Waals surface area contributed by atoms with Crippen LogP contribution in [0.4, 0.5) is 0 Å². The maximum Gasteiger partial charge on any atom is 0.336 e. The van der Waals surface area contributed by atoms with Crippen molar-refractivity contribution in [2.75, 3.05) is 13.3 Å². The lowest BCUT2D eigenvalue weighted by molar-refractivity contribution is -0.932. The van der Waals surface area contributed by atoms with Gasteiger partial charge in [0.05, 0.1) is 17.1 Å². The smallest absolute Gasteiger partial charge is 0.336 e. The molecule has 1 atom stereocenters. The van der Waals surface area contributed by atoms with Gasteiger partial charge < -0.3 is 9.15 Å². The molecule has 0 saturated carbocycles. The lowest BCUT2D eigenvalue weighted by Gasteiger charge is -2.27.